The molecule has 1 N–H and O–H groups in total. The van der Waals surface area contributed by atoms with Crippen molar-refractivity contribution >= 4 is 23.0 Å². The van der Waals surface area contributed by atoms with Crippen LogP contribution in [0.25, 0.3) is 0 Å². The van der Waals surface area contributed by atoms with Gasteiger partial charge in [0.05, 0.1) is 36.0 Å². The molecule has 14 heteroatoms. The Morgan fingerprint density at radius 3 is 2.68 bits per heavy atom. The molecular formula is C24H23FKN9O3. The van der Waals surface area contributed by atoms with Crippen LogP contribution in [0.15, 0.2) is 46.6 Å². The van der Waals surface area contributed by atoms with Crippen molar-refractivity contribution in [2.45, 2.75) is 26.7 Å². The van der Waals surface area contributed by atoms with E-state index in [9.17, 15) is 9.18 Å². The number of benzene rings is 2. The van der Waals surface area contributed by atoms with Gasteiger partial charge >= 0.3 is 51.4 Å². The van der Waals surface area contributed by atoms with Gasteiger partial charge in [-0.3, -0.25) is 20.5 Å². The van der Waals surface area contributed by atoms with E-state index in [0.29, 0.717) is 49.8 Å². The third-order valence-electron chi connectivity index (χ3n) is 5.27. The predicted octanol–water partition coefficient (Wildman–Crippen LogP) is -0.251. The molecule has 0 aliphatic carbocycles. The van der Waals surface area contributed by atoms with E-state index in [2.05, 4.69) is 36.3 Å². The molecule has 2 heterocycles. The third-order valence-corrected chi connectivity index (χ3v) is 5.27. The van der Waals surface area contributed by atoms with Crippen LogP contribution in [0.2, 0.25) is 0 Å². The molecule has 4 rings (SSSR count). The standard InChI is InChI=1S/C24H24FN9O3.K/c1-3-36-21-10-7-15(12-22(21)37-4-2)19-6-5-11-34(31-19)24(35)17-9-8-16(13-18(17)25)27-28-20(14-26)23-29-32-33-30-23;/h7-10,12-13H,3-6,11H2,1-2H3,(H2,27,28,29,30,32,33,35);/q;+1/p-1. The summed E-state index contributed by atoms with van der Waals surface area (Å²) < 4.78 is 26.2. The second-order valence-electron chi connectivity index (χ2n) is 7.69. The van der Waals surface area contributed by atoms with Crippen molar-refractivity contribution < 1.29 is 70.0 Å². The van der Waals surface area contributed by atoms with E-state index in [1.54, 1.807) is 6.07 Å². The molecule has 0 atom stereocenters. The molecule has 1 aromatic heterocycles. The van der Waals surface area contributed by atoms with Crippen LogP contribution in [-0.4, -0.2) is 57.6 Å². The number of ether oxygens (including phenoxy) is 2. The Kier molecular flexibility index (Phi) is 10.9. The number of hydrogen-bond acceptors (Lipinski definition) is 10. The number of hydrazone groups is 2. The van der Waals surface area contributed by atoms with Crippen LogP contribution in [0.3, 0.4) is 0 Å². The maximum Gasteiger partial charge on any atom is 1.00 e. The zero-order valence-corrected chi connectivity index (χ0v) is 24.3. The van der Waals surface area contributed by atoms with Gasteiger partial charge in [0.25, 0.3) is 5.91 Å². The molecule has 1 amide bonds. The van der Waals surface area contributed by atoms with Gasteiger partial charge in [0.1, 0.15) is 11.9 Å². The molecule has 38 heavy (non-hydrogen) atoms. The number of carbonyl (C=O) groups is 1. The Balaban J connectivity index is 0.00000400. The van der Waals surface area contributed by atoms with Gasteiger partial charge in [-0.05, 0) is 63.1 Å². The van der Waals surface area contributed by atoms with Crippen molar-refractivity contribution in [3.63, 3.8) is 0 Å². The van der Waals surface area contributed by atoms with Crippen LogP contribution in [0.4, 0.5) is 10.1 Å². The quantitative estimate of drug-likeness (QED) is 0.219. The van der Waals surface area contributed by atoms with Crippen LogP contribution in [-0.2, 0) is 0 Å². The minimum absolute atomic E-state index is 0. The summed E-state index contributed by atoms with van der Waals surface area (Å²) in [7, 11) is 0. The molecule has 12 nitrogen and oxygen atoms in total. The second kappa shape index (κ2) is 14.1. The van der Waals surface area contributed by atoms with E-state index < -0.39 is 11.7 Å². The molecule has 1 aliphatic rings. The number of halogens is 1. The SMILES string of the molecule is CCOc1ccc(C2=NN(C(=O)c3ccc(N/N=C(/C#N)c4nnn[n-]4)cc3F)CCC2)cc1OCC.[K+]. The van der Waals surface area contributed by atoms with Crippen LogP contribution in [0.5, 0.6) is 11.5 Å². The Morgan fingerprint density at radius 1 is 1.21 bits per heavy atom. The van der Waals surface area contributed by atoms with Crippen molar-refractivity contribution in [1.82, 2.24) is 25.6 Å². The van der Waals surface area contributed by atoms with Crippen LogP contribution in [0.1, 0.15) is 48.4 Å². The summed E-state index contributed by atoms with van der Waals surface area (Å²) in [6.07, 6.45) is 1.33. The van der Waals surface area contributed by atoms with Gasteiger partial charge in [-0.25, -0.2) is 9.40 Å². The molecule has 0 bridgehead atoms. The number of amides is 1. The van der Waals surface area contributed by atoms with Gasteiger partial charge in [-0.2, -0.15) is 20.7 Å². The number of anilines is 1. The molecule has 0 saturated carbocycles. The topological polar surface area (TPSA) is 152 Å². The average Bonchev–Trinajstić information content (AvgIpc) is 3.45. The van der Waals surface area contributed by atoms with Crippen molar-refractivity contribution in [2.24, 2.45) is 10.2 Å². The van der Waals surface area contributed by atoms with Crippen LogP contribution >= 0.6 is 0 Å². The summed E-state index contributed by atoms with van der Waals surface area (Å²) in [5.41, 5.74) is 3.93. The second-order valence-corrected chi connectivity index (χ2v) is 7.69. The fourth-order valence-electron chi connectivity index (χ4n) is 3.60. The fraction of sp³-hybridized carbons (Fsp3) is 0.292. The smallest absolute Gasteiger partial charge is 0.490 e. The monoisotopic (exact) mass is 543 g/mol. The number of carbonyl (C=O) groups excluding carboxylic acids is 1. The van der Waals surface area contributed by atoms with Crippen molar-refractivity contribution in [3.8, 4) is 17.6 Å². The molecule has 3 aromatic rings. The van der Waals surface area contributed by atoms with E-state index in [0.717, 1.165) is 11.6 Å². The van der Waals surface area contributed by atoms with Crippen molar-refractivity contribution in [3.05, 3.63) is 59.2 Å². The number of nitrogens with one attached hydrogen (secondary N) is 1. The minimum atomic E-state index is -0.765. The molecule has 1 aliphatic heterocycles. The minimum Gasteiger partial charge on any atom is -0.490 e. The van der Waals surface area contributed by atoms with Crippen LogP contribution in [0, 0.1) is 17.1 Å². The van der Waals surface area contributed by atoms with Gasteiger partial charge in [-0.15, -0.1) is 0 Å². The largest absolute Gasteiger partial charge is 1.00 e. The van der Waals surface area contributed by atoms with Crippen LogP contribution < -0.4 is 71.4 Å². The van der Waals surface area contributed by atoms with Gasteiger partial charge in [-0.1, -0.05) is 0 Å². The fourth-order valence-corrected chi connectivity index (χ4v) is 3.60. The summed E-state index contributed by atoms with van der Waals surface area (Å²) in [4.78, 5) is 13.1. The van der Waals surface area contributed by atoms with E-state index in [-0.39, 0.29) is 74.2 Å². The third kappa shape index (κ3) is 7.00. The summed E-state index contributed by atoms with van der Waals surface area (Å²) in [6, 6.07) is 11.2. The number of nitrogens with zero attached hydrogens (tertiary/aromatic N) is 8. The molecule has 0 unspecified atom stereocenters. The maximum absolute atomic E-state index is 14.9. The zero-order chi connectivity index (χ0) is 26.2. The molecule has 190 valence electrons. The molecule has 0 spiro atoms. The summed E-state index contributed by atoms with van der Waals surface area (Å²) in [5.74, 6) is -0.168. The molecule has 0 fully saturated rings. The van der Waals surface area contributed by atoms with Gasteiger partial charge in [0.15, 0.2) is 17.2 Å². The van der Waals surface area contributed by atoms with E-state index in [4.69, 9.17) is 14.7 Å². The number of rotatable bonds is 9. The Labute approximate surface area is 260 Å². The van der Waals surface area contributed by atoms with Crippen molar-refractivity contribution in [1.29, 1.82) is 5.26 Å². The first-order chi connectivity index (χ1) is 18.0. The normalized spacial score (nSPS) is 13.2. The summed E-state index contributed by atoms with van der Waals surface area (Å²) in [5, 5.41) is 32.4. The number of hydrogen-bond donors (Lipinski definition) is 1. The maximum atomic E-state index is 14.9. The van der Waals surface area contributed by atoms with E-state index in [1.165, 1.54) is 17.1 Å². The molecule has 0 radical (unpaired) electrons. The van der Waals surface area contributed by atoms with Crippen molar-refractivity contribution in [2.75, 3.05) is 25.2 Å². The van der Waals surface area contributed by atoms with Gasteiger partial charge < -0.3 is 14.6 Å². The number of aromatic nitrogens is 4. The Bertz CT molecular complexity index is 1370. The van der Waals surface area contributed by atoms with E-state index in [1.807, 2.05) is 32.0 Å². The Hall–Kier alpha value is -3.22. The number of nitriles is 1. The molecule has 2 aromatic carbocycles. The molecular weight excluding hydrogens is 520 g/mol. The number of tetrazole rings is 1. The molecule has 0 saturated heterocycles. The van der Waals surface area contributed by atoms with E-state index >= 15 is 0 Å². The summed E-state index contributed by atoms with van der Waals surface area (Å²) in [6.45, 7) is 5.12. The first-order valence-corrected chi connectivity index (χ1v) is 11.6. The summed E-state index contributed by atoms with van der Waals surface area (Å²) >= 11 is 0. The first kappa shape index (κ1) is 29.3. The Morgan fingerprint density at radius 2 is 2.00 bits per heavy atom. The van der Waals surface area contributed by atoms with Gasteiger partial charge in [0.2, 0.25) is 0 Å². The zero-order valence-electron chi connectivity index (χ0n) is 21.2. The average molecular weight is 544 g/mol. The predicted molar refractivity (Wildman–Crippen MR) is 131 cm³/mol. The first-order valence-electron chi connectivity index (χ1n) is 11.6. The van der Waals surface area contributed by atoms with Gasteiger partial charge in [0, 0.05) is 12.1 Å².